The maximum atomic E-state index is 12.0. The van der Waals surface area contributed by atoms with Gasteiger partial charge in [-0.25, -0.2) is 4.72 Å². The Kier molecular flexibility index (Phi) is 6.40. The highest BCUT2D eigenvalue weighted by atomic mass is 32.2. The minimum absolute atomic E-state index is 0.168. The Morgan fingerprint density at radius 1 is 1.18 bits per heavy atom. The molecule has 1 saturated heterocycles. The zero-order valence-corrected chi connectivity index (χ0v) is 11.7. The molecule has 17 heavy (non-hydrogen) atoms. The molecular formula is C11H25N3O2S. The third-order valence-electron chi connectivity index (χ3n) is 3.03. The van der Waals surface area contributed by atoms with Crippen molar-refractivity contribution in [3.63, 3.8) is 0 Å². The lowest BCUT2D eigenvalue weighted by molar-refractivity contribution is 0.411. The summed E-state index contributed by atoms with van der Waals surface area (Å²) < 4.78 is 28.3. The Hall–Kier alpha value is -0.170. The van der Waals surface area contributed by atoms with Crippen LogP contribution < -0.4 is 10.0 Å². The van der Waals surface area contributed by atoms with E-state index in [1.165, 1.54) is 0 Å². The molecule has 0 aromatic rings. The molecule has 6 heteroatoms. The van der Waals surface area contributed by atoms with Gasteiger partial charge in [0.1, 0.15) is 0 Å². The van der Waals surface area contributed by atoms with E-state index in [1.807, 2.05) is 13.8 Å². The molecule has 1 fully saturated rings. The highest BCUT2D eigenvalue weighted by Gasteiger charge is 2.22. The smallest absolute Gasteiger partial charge is 0.279 e. The van der Waals surface area contributed by atoms with Crippen LogP contribution in [0.4, 0.5) is 0 Å². The van der Waals surface area contributed by atoms with Crippen LogP contribution in [0.3, 0.4) is 0 Å². The van der Waals surface area contributed by atoms with E-state index < -0.39 is 10.2 Å². The average molecular weight is 263 g/mol. The summed E-state index contributed by atoms with van der Waals surface area (Å²) in [5.41, 5.74) is 0. The first kappa shape index (κ1) is 14.9. The lowest BCUT2D eigenvalue weighted by Crippen LogP contribution is -2.46. The molecule has 0 spiro atoms. The van der Waals surface area contributed by atoms with Crippen molar-refractivity contribution in [2.75, 3.05) is 26.2 Å². The van der Waals surface area contributed by atoms with Gasteiger partial charge in [-0.2, -0.15) is 12.7 Å². The van der Waals surface area contributed by atoms with Crippen LogP contribution in [0, 0.1) is 0 Å². The van der Waals surface area contributed by atoms with Gasteiger partial charge in [-0.1, -0.05) is 19.8 Å². The molecule has 102 valence electrons. The highest BCUT2D eigenvalue weighted by molar-refractivity contribution is 7.87. The third-order valence-corrected chi connectivity index (χ3v) is 4.61. The number of nitrogens with one attached hydrogen (secondary N) is 2. The summed E-state index contributed by atoms with van der Waals surface area (Å²) in [5, 5.41) is 3.19. The van der Waals surface area contributed by atoms with Crippen LogP contribution in [-0.2, 0) is 10.2 Å². The number of nitrogens with zero attached hydrogens (tertiary/aromatic N) is 1. The van der Waals surface area contributed by atoms with Gasteiger partial charge in [0.2, 0.25) is 0 Å². The summed E-state index contributed by atoms with van der Waals surface area (Å²) in [6.45, 7) is 6.61. The molecule has 1 heterocycles. The van der Waals surface area contributed by atoms with Crippen molar-refractivity contribution in [1.82, 2.24) is 14.3 Å². The fourth-order valence-electron chi connectivity index (χ4n) is 2.02. The lowest BCUT2D eigenvalue weighted by atomic mass is 10.2. The average Bonchev–Trinajstić information content (AvgIpc) is 2.56. The Morgan fingerprint density at radius 3 is 2.29 bits per heavy atom. The van der Waals surface area contributed by atoms with E-state index in [0.29, 0.717) is 19.6 Å². The maximum absolute atomic E-state index is 12.0. The van der Waals surface area contributed by atoms with E-state index in [0.717, 1.165) is 32.2 Å². The molecule has 2 N–H and O–H groups in total. The second kappa shape index (κ2) is 7.31. The monoisotopic (exact) mass is 263 g/mol. The van der Waals surface area contributed by atoms with Gasteiger partial charge in [0.25, 0.3) is 10.2 Å². The Labute approximate surface area is 105 Å². The van der Waals surface area contributed by atoms with Crippen LogP contribution in [0.5, 0.6) is 0 Å². The summed E-state index contributed by atoms with van der Waals surface area (Å²) in [5.74, 6) is 0. The number of likely N-dealkylation sites (N-methyl/N-ethyl adjacent to an activating group) is 1. The SMILES string of the molecule is CCN[C@H](C)CNS(=O)(=O)N1CCCCCC1. The van der Waals surface area contributed by atoms with Gasteiger partial charge in [-0.15, -0.1) is 0 Å². The van der Waals surface area contributed by atoms with Crippen LogP contribution >= 0.6 is 0 Å². The van der Waals surface area contributed by atoms with E-state index in [9.17, 15) is 8.42 Å². The largest absolute Gasteiger partial charge is 0.313 e. The number of hydrogen-bond acceptors (Lipinski definition) is 3. The first-order valence-electron chi connectivity index (χ1n) is 6.54. The van der Waals surface area contributed by atoms with Gasteiger partial charge in [-0.3, -0.25) is 0 Å². The van der Waals surface area contributed by atoms with Crippen molar-refractivity contribution in [3.05, 3.63) is 0 Å². The van der Waals surface area contributed by atoms with Crippen molar-refractivity contribution in [3.8, 4) is 0 Å². The molecule has 0 aromatic carbocycles. The van der Waals surface area contributed by atoms with Gasteiger partial charge in [0, 0.05) is 25.7 Å². The molecule has 1 rings (SSSR count). The second-order valence-electron chi connectivity index (χ2n) is 4.63. The fraction of sp³-hybridized carbons (Fsp3) is 1.00. The molecule has 0 radical (unpaired) electrons. The number of rotatable bonds is 6. The summed E-state index contributed by atoms with van der Waals surface area (Å²) in [6, 6.07) is 0.168. The summed E-state index contributed by atoms with van der Waals surface area (Å²) in [4.78, 5) is 0. The zero-order valence-electron chi connectivity index (χ0n) is 10.9. The van der Waals surface area contributed by atoms with E-state index in [2.05, 4.69) is 10.0 Å². The van der Waals surface area contributed by atoms with E-state index in [1.54, 1.807) is 4.31 Å². The predicted octanol–water partition coefficient (Wildman–Crippen LogP) is 0.695. The Morgan fingerprint density at radius 2 is 1.76 bits per heavy atom. The summed E-state index contributed by atoms with van der Waals surface area (Å²) in [6.07, 6.45) is 4.23. The molecule has 5 nitrogen and oxygen atoms in total. The minimum atomic E-state index is -3.28. The summed E-state index contributed by atoms with van der Waals surface area (Å²) in [7, 11) is -3.28. The van der Waals surface area contributed by atoms with Crippen molar-refractivity contribution < 1.29 is 8.42 Å². The van der Waals surface area contributed by atoms with Gasteiger partial charge < -0.3 is 5.32 Å². The molecule has 0 aliphatic carbocycles. The predicted molar refractivity (Wildman–Crippen MR) is 70.1 cm³/mol. The highest BCUT2D eigenvalue weighted by Crippen LogP contribution is 2.12. The molecule has 0 amide bonds. The molecule has 1 aliphatic rings. The maximum Gasteiger partial charge on any atom is 0.279 e. The van der Waals surface area contributed by atoms with Crippen molar-refractivity contribution in [1.29, 1.82) is 0 Å². The molecule has 0 aromatic heterocycles. The van der Waals surface area contributed by atoms with Crippen molar-refractivity contribution in [2.45, 2.75) is 45.6 Å². The van der Waals surface area contributed by atoms with Gasteiger partial charge in [0.05, 0.1) is 0 Å². The Bertz CT molecular complexity index is 298. The molecule has 0 saturated carbocycles. The summed E-state index contributed by atoms with van der Waals surface area (Å²) >= 11 is 0. The van der Waals surface area contributed by atoms with Crippen LogP contribution in [0.25, 0.3) is 0 Å². The van der Waals surface area contributed by atoms with Crippen LogP contribution in [-0.4, -0.2) is 44.9 Å². The molecule has 1 atom stereocenters. The lowest BCUT2D eigenvalue weighted by Gasteiger charge is -2.21. The Balaban J connectivity index is 2.43. The van der Waals surface area contributed by atoms with E-state index in [4.69, 9.17) is 0 Å². The molecular weight excluding hydrogens is 238 g/mol. The van der Waals surface area contributed by atoms with E-state index in [-0.39, 0.29) is 6.04 Å². The standard InChI is InChI=1S/C11H25N3O2S/c1-3-12-11(2)10-13-17(15,16)14-8-6-4-5-7-9-14/h11-13H,3-10H2,1-2H3/t11-/m1/s1. The first-order valence-corrected chi connectivity index (χ1v) is 7.98. The first-order chi connectivity index (χ1) is 8.06. The molecule has 0 bridgehead atoms. The van der Waals surface area contributed by atoms with Gasteiger partial charge in [0.15, 0.2) is 0 Å². The van der Waals surface area contributed by atoms with E-state index >= 15 is 0 Å². The zero-order chi connectivity index (χ0) is 12.7. The fourth-order valence-corrected chi connectivity index (χ4v) is 3.41. The second-order valence-corrected chi connectivity index (χ2v) is 6.38. The van der Waals surface area contributed by atoms with Gasteiger partial charge in [-0.05, 0) is 26.3 Å². The third kappa shape index (κ3) is 5.33. The van der Waals surface area contributed by atoms with Crippen molar-refractivity contribution >= 4 is 10.2 Å². The van der Waals surface area contributed by atoms with Crippen LogP contribution in [0.1, 0.15) is 39.5 Å². The van der Waals surface area contributed by atoms with Crippen LogP contribution in [0.15, 0.2) is 0 Å². The minimum Gasteiger partial charge on any atom is -0.313 e. The molecule has 0 unspecified atom stereocenters. The van der Waals surface area contributed by atoms with Gasteiger partial charge >= 0.3 is 0 Å². The van der Waals surface area contributed by atoms with Crippen LogP contribution in [0.2, 0.25) is 0 Å². The topological polar surface area (TPSA) is 61.4 Å². The number of hydrogen-bond donors (Lipinski definition) is 2. The molecule has 1 aliphatic heterocycles. The van der Waals surface area contributed by atoms with Crippen molar-refractivity contribution in [2.24, 2.45) is 0 Å². The quantitative estimate of drug-likeness (QED) is 0.741. The normalized spacial score (nSPS) is 21.1.